The second-order valence-corrected chi connectivity index (χ2v) is 16.8. The largest absolute Gasteiger partial charge is 0.394 e. The van der Waals surface area contributed by atoms with Crippen LogP contribution < -0.4 is 5.32 Å². The van der Waals surface area contributed by atoms with Gasteiger partial charge in [0.2, 0.25) is 5.91 Å². The molecule has 54 heavy (non-hydrogen) atoms. The van der Waals surface area contributed by atoms with Crippen molar-refractivity contribution in [1.82, 2.24) is 5.32 Å². The third-order valence-corrected chi connectivity index (χ3v) is 11.5. The van der Waals surface area contributed by atoms with E-state index >= 15 is 0 Å². The third kappa shape index (κ3) is 36.7. The molecule has 0 fully saturated rings. The quantitative estimate of drug-likeness (QED) is 0.0313. The molecule has 4 unspecified atom stereocenters. The van der Waals surface area contributed by atoms with E-state index in [0.29, 0.717) is 12.8 Å². The summed E-state index contributed by atoms with van der Waals surface area (Å²) in [5, 5.41) is 43.7. The highest BCUT2D eigenvalue weighted by molar-refractivity contribution is 5.80. The molecule has 6 heteroatoms. The molecule has 4 atom stereocenters. The molecular formula is C48H95NO5. The van der Waals surface area contributed by atoms with Gasteiger partial charge in [-0.25, -0.2) is 0 Å². The van der Waals surface area contributed by atoms with Gasteiger partial charge in [0.05, 0.1) is 18.8 Å². The maximum Gasteiger partial charge on any atom is 0.249 e. The van der Waals surface area contributed by atoms with E-state index in [4.69, 9.17) is 0 Å². The lowest BCUT2D eigenvalue weighted by molar-refractivity contribution is -0.132. The second kappa shape index (κ2) is 43.2. The topological polar surface area (TPSA) is 110 Å². The summed E-state index contributed by atoms with van der Waals surface area (Å²) in [7, 11) is 0. The van der Waals surface area contributed by atoms with Gasteiger partial charge in [-0.15, -0.1) is 0 Å². The summed E-state index contributed by atoms with van der Waals surface area (Å²) in [6.45, 7) is 4.05. The van der Waals surface area contributed by atoms with Gasteiger partial charge in [-0.05, 0) is 38.5 Å². The SMILES string of the molecule is CCCCCCCCCCCCCCCCCCCCCCC/C=C/CCCC(O)C(O)C(CO)NC(=O)C(O)CCCCCCCCCCCCCC. The standard InChI is InChI=1S/C48H95NO5/c1-3-5-7-9-11-13-15-17-18-19-20-21-22-23-24-25-26-27-28-29-30-32-33-35-37-39-41-45(51)47(53)44(43-50)49-48(54)46(52)42-40-38-36-34-31-16-14-12-10-8-6-4-2/h33,35,44-47,50-53H,3-32,34,36-43H2,1-2H3,(H,49,54)/b35-33+. The lowest BCUT2D eigenvalue weighted by Gasteiger charge is -2.27. The van der Waals surface area contributed by atoms with E-state index in [1.807, 2.05) is 0 Å². The van der Waals surface area contributed by atoms with Crippen molar-refractivity contribution < 1.29 is 25.2 Å². The van der Waals surface area contributed by atoms with Crippen LogP contribution in [0.1, 0.15) is 258 Å². The van der Waals surface area contributed by atoms with Gasteiger partial charge in [-0.2, -0.15) is 0 Å². The normalized spacial score (nSPS) is 14.1. The van der Waals surface area contributed by atoms with Gasteiger partial charge in [-0.1, -0.05) is 231 Å². The molecule has 6 nitrogen and oxygen atoms in total. The Bertz CT molecular complexity index is 776. The minimum absolute atomic E-state index is 0.367. The van der Waals surface area contributed by atoms with Crippen LogP contribution in [0, 0.1) is 0 Å². The predicted octanol–water partition coefficient (Wildman–Crippen LogP) is 13.0. The molecule has 0 aromatic heterocycles. The van der Waals surface area contributed by atoms with E-state index in [1.165, 1.54) is 193 Å². The monoisotopic (exact) mass is 766 g/mol. The summed E-state index contributed by atoms with van der Waals surface area (Å²) in [6, 6.07) is -0.997. The molecule has 0 aromatic rings. The molecule has 0 radical (unpaired) electrons. The fourth-order valence-corrected chi connectivity index (χ4v) is 7.64. The third-order valence-electron chi connectivity index (χ3n) is 11.5. The van der Waals surface area contributed by atoms with Crippen molar-refractivity contribution in [1.29, 1.82) is 0 Å². The number of aliphatic hydroxyl groups excluding tert-OH is 4. The van der Waals surface area contributed by atoms with Crippen LogP contribution in [0.4, 0.5) is 0 Å². The molecule has 0 aliphatic carbocycles. The summed E-state index contributed by atoms with van der Waals surface area (Å²) in [5.74, 6) is -0.591. The number of unbranched alkanes of at least 4 members (excludes halogenated alkanes) is 33. The Labute approximate surface area is 336 Å². The van der Waals surface area contributed by atoms with Crippen LogP contribution in [-0.2, 0) is 4.79 Å². The number of aliphatic hydroxyl groups is 4. The lowest BCUT2D eigenvalue weighted by Crippen LogP contribution is -2.53. The number of allylic oxidation sites excluding steroid dienone is 2. The van der Waals surface area contributed by atoms with Gasteiger partial charge in [-0.3, -0.25) is 4.79 Å². The number of carbonyl (C=O) groups excluding carboxylic acids is 1. The first kappa shape index (κ1) is 53.0. The fraction of sp³-hybridized carbons (Fsp3) is 0.938. The maximum atomic E-state index is 12.5. The number of carbonyl (C=O) groups is 1. The molecule has 322 valence electrons. The van der Waals surface area contributed by atoms with E-state index in [1.54, 1.807) is 0 Å². The Kier molecular flexibility index (Phi) is 42.4. The van der Waals surface area contributed by atoms with Crippen molar-refractivity contribution in [3.63, 3.8) is 0 Å². The van der Waals surface area contributed by atoms with Crippen molar-refractivity contribution in [3.05, 3.63) is 12.2 Å². The van der Waals surface area contributed by atoms with Gasteiger partial charge in [0.1, 0.15) is 12.2 Å². The highest BCUT2D eigenvalue weighted by Crippen LogP contribution is 2.17. The highest BCUT2D eigenvalue weighted by Gasteiger charge is 2.28. The minimum Gasteiger partial charge on any atom is -0.394 e. The predicted molar refractivity (Wildman–Crippen MR) is 233 cm³/mol. The van der Waals surface area contributed by atoms with Crippen molar-refractivity contribution in [2.24, 2.45) is 0 Å². The molecule has 0 saturated carbocycles. The van der Waals surface area contributed by atoms with Crippen molar-refractivity contribution in [2.45, 2.75) is 282 Å². The Morgan fingerprint density at radius 3 is 1.11 bits per heavy atom. The van der Waals surface area contributed by atoms with Crippen LogP contribution in [-0.4, -0.2) is 57.3 Å². The Balaban J connectivity index is 3.65. The van der Waals surface area contributed by atoms with E-state index in [9.17, 15) is 25.2 Å². The minimum atomic E-state index is -1.28. The van der Waals surface area contributed by atoms with Crippen LogP contribution in [0.2, 0.25) is 0 Å². The second-order valence-electron chi connectivity index (χ2n) is 16.8. The van der Waals surface area contributed by atoms with Crippen LogP contribution in [0.25, 0.3) is 0 Å². The van der Waals surface area contributed by atoms with Crippen molar-refractivity contribution >= 4 is 5.91 Å². The molecule has 5 N–H and O–H groups in total. The summed E-state index contributed by atoms with van der Waals surface area (Å²) in [4.78, 5) is 12.5. The zero-order valence-electron chi connectivity index (χ0n) is 36.2. The highest BCUT2D eigenvalue weighted by atomic mass is 16.3. The summed E-state index contributed by atoms with van der Waals surface area (Å²) in [5.41, 5.74) is 0. The number of amides is 1. The molecule has 0 heterocycles. The number of nitrogens with one attached hydrogen (secondary N) is 1. The van der Waals surface area contributed by atoms with Crippen LogP contribution in [0.3, 0.4) is 0 Å². The molecule has 1 amide bonds. The van der Waals surface area contributed by atoms with Gasteiger partial charge in [0.15, 0.2) is 0 Å². The van der Waals surface area contributed by atoms with Crippen LogP contribution in [0.15, 0.2) is 12.2 Å². The first-order valence-corrected chi connectivity index (χ1v) is 24.1. The zero-order chi connectivity index (χ0) is 39.6. The zero-order valence-corrected chi connectivity index (χ0v) is 36.2. The Morgan fingerprint density at radius 1 is 0.444 bits per heavy atom. The fourth-order valence-electron chi connectivity index (χ4n) is 7.64. The average Bonchev–Trinajstić information content (AvgIpc) is 3.18. The smallest absolute Gasteiger partial charge is 0.249 e. The van der Waals surface area contributed by atoms with Gasteiger partial charge >= 0.3 is 0 Å². The van der Waals surface area contributed by atoms with E-state index in [2.05, 4.69) is 31.3 Å². The van der Waals surface area contributed by atoms with Gasteiger partial charge < -0.3 is 25.7 Å². The van der Waals surface area contributed by atoms with Crippen molar-refractivity contribution in [2.75, 3.05) is 6.61 Å². The Hall–Kier alpha value is -0.950. The van der Waals surface area contributed by atoms with Gasteiger partial charge in [0, 0.05) is 0 Å². The van der Waals surface area contributed by atoms with Crippen LogP contribution >= 0.6 is 0 Å². The molecule has 0 aromatic carbocycles. The average molecular weight is 766 g/mol. The molecule has 0 aliphatic rings. The number of rotatable bonds is 44. The molecular weight excluding hydrogens is 671 g/mol. The van der Waals surface area contributed by atoms with E-state index in [-0.39, 0.29) is 0 Å². The summed E-state index contributed by atoms with van der Waals surface area (Å²) < 4.78 is 0. The summed E-state index contributed by atoms with van der Waals surface area (Å²) >= 11 is 0. The molecule has 0 aliphatic heterocycles. The number of hydrogen-bond acceptors (Lipinski definition) is 5. The lowest BCUT2D eigenvalue weighted by atomic mass is 10.00. The first-order chi connectivity index (χ1) is 26.5. The molecule has 0 bridgehead atoms. The maximum absolute atomic E-state index is 12.5. The summed E-state index contributed by atoms with van der Waals surface area (Å²) in [6.07, 6.45) is 48.4. The van der Waals surface area contributed by atoms with E-state index in [0.717, 1.165) is 38.5 Å². The molecule has 0 saturated heterocycles. The van der Waals surface area contributed by atoms with Crippen LogP contribution in [0.5, 0.6) is 0 Å². The van der Waals surface area contributed by atoms with Crippen molar-refractivity contribution in [3.8, 4) is 0 Å². The molecule has 0 spiro atoms. The van der Waals surface area contributed by atoms with E-state index < -0.39 is 36.9 Å². The first-order valence-electron chi connectivity index (χ1n) is 24.1. The molecule has 0 rings (SSSR count). The van der Waals surface area contributed by atoms with Gasteiger partial charge in [0.25, 0.3) is 0 Å². The number of hydrogen-bond donors (Lipinski definition) is 5. The Morgan fingerprint density at radius 2 is 0.759 bits per heavy atom.